The van der Waals surface area contributed by atoms with Gasteiger partial charge >= 0.3 is 11.9 Å². The monoisotopic (exact) mass is 380 g/mol. The molecule has 3 rings (SSSR count). The zero-order chi connectivity index (χ0) is 19.9. The van der Waals surface area contributed by atoms with Crippen LogP contribution in [0.3, 0.4) is 0 Å². The molecule has 152 valence electrons. The largest absolute Gasteiger partial charge is 0.468 e. The highest BCUT2D eigenvalue weighted by molar-refractivity contribution is 5.81. The van der Waals surface area contributed by atoms with Crippen LogP contribution in [0.1, 0.15) is 59.8 Å². The van der Waals surface area contributed by atoms with Crippen LogP contribution in [0.4, 0.5) is 0 Å². The molecule has 0 aromatic heterocycles. The van der Waals surface area contributed by atoms with Gasteiger partial charge in [-0.2, -0.15) is 0 Å². The van der Waals surface area contributed by atoms with Crippen LogP contribution >= 0.6 is 0 Å². The highest BCUT2D eigenvalue weighted by Crippen LogP contribution is 2.60. The molecule has 1 fully saturated rings. The van der Waals surface area contributed by atoms with Crippen molar-refractivity contribution in [2.45, 2.75) is 65.6 Å². The maximum atomic E-state index is 12.8. The van der Waals surface area contributed by atoms with E-state index in [2.05, 4.69) is 13.8 Å². The summed E-state index contributed by atoms with van der Waals surface area (Å²) in [5.74, 6) is -0.852. The molecule has 0 N–H and O–H groups in total. The third-order valence-corrected chi connectivity index (χ3v) is 7.08. The Kier molecular flexibility index (Phi) is 5.43. The van der Waals surface area contributed by atoms with E-state index in [4.69, 9.17) is 18.9 Å². The Morgan fingerprint density at radius 3 is 2.44 bits per heavy atom. The summed E-state index contributed by atoms with van der Waals surface area (Å²) in [5.41, 5.74) is 1.47. The van der Waals surface area contributed by atoms with Gasteiger partial charge in [0.1, 0.15) is 0 Å². The Morgan fingerprint density at radius 2 is 1.85 bits per heavy atom. The normalized spacial score (nSPS) is 35.1. The maximum Gasteiger partial charge on any atom is 0.315 e. The number of hydrogen-bond donors (Lipinski definition) is 0. The first-order chi connectivity index (χ1) is 12.7. The standard InChI is InChI=1S/C21H32O6/c1-14-6-7-16-17(19(14,3)8-9-25-15(2)22)12-21(26-10-11-27-21)13-20(16,4)18(23)24-5/h14H,6-13H2,1-5H3/t14-,19+,20+/m1/s1. The Hall–Kier alpha value is -1.40. The molecular weight excluding hydrogens is 348 g/mol. The molecule has 1 aliphatic heterocycles. The van der Waals surface area contributed by atoms with E-state index in [1.54, 1.807) is 0 Å². The summed E-state index contributed by atoms with van der Waals surface area (Å²) in [6, 6.07) is 0. The van der Waals surface area contributed by atoms with Gasteiger partial charge in [0, 0.05) is 19.8 Å². The van der Waals surface area contributed by atoms with E-state index >= 15 is 0 Å². The molecule has 0 aromatic carbocycles. The van der Waals surface area contributed by atoms with Gasteiger partial charge in [-0.1, -0.05) is 25.0 Å². The topological polar surface area (TPSA) is 71.1 Å². The Labute approximate surface area is 161 Å². The van der Waals surface area contributed by atoms with Crippen LogP contribution in [-0.2, 0) is 28.5 Å². The van der Waals surface area contributed by atoms with Crippen LogP contribution in [0.25, 0.3) is 0 Å². The van der Waals surface area contributed by atoms with Gasteiger partial charge in [0.15, 0.2) is 5.79 Å². The van der Waals surface area contributed by atoms with Crippen LogP contribution in [-0.4, -0.2) is 44.7 Å². The van der Waals surface area contributed by atoms with Crippen molar-refractivity contribution in [1.82, 2.24) is 0 Å². The molecule has 6 heteroatoms. The van der Waals surface area contributed by atoms with Crippen LogP contribution < -0.4 is 0 Å². The maximum absolute atomic E-state index is 12.8. The van der Waals surface area contributed by atoms with Crippen LogP contribution in [0.2, 0.25) is 0 Å². The highest BCUT2D eigenvalue weighted by atomic mass is 16.7. The zero-order valence-corrected chi connectivity index (χ0v) is 17.2. The van der Waals surface area contributed by atoms with Gasteiger partial charge in [0.25, 0.3) is 0 Å². The van der Waals surface area contributed by atoms with Crippen LogP contribution in [0, 0.1) is 16.7 Å². The van der Waals surface area contributed by atoms with Crippen molar-refractivity contribution in [3.63, 3.8) is 0 Å². The molecule has 27 heavy (non-hydrogen) atoms. The highest BCUT2D eigenvalue weighted by Gasteiger charge is 2.58. The third-order valence-electron chi connectivity index (χ3n) is 7.08. The van der Waals surface area contributed by atoms with Crippen molar-refractivity contribution < 1.29 is 28.5 Å². The van der Waals surface area contributed by atoms with Crippen molar-refractivity contribution in [2.75, 3.05) is 26.9 Å². The Morgan fingerprint density at radius 1 is 1.19 bits per heavy atom. The molecule has 3 atom stereocenters. The summed E-state index contributed by atoms with van der Waals surface area (Å²) >= 11 is 0. The predicted molar refractivity (Wildman–Crippen MR) is 98.8 cm³/mol. The van der Waals surface area contributed by atoms with Crippen LogP contribution in [0.5, 0.6) is 0 Å². The van der Waals surface area contributed by atoms with E-state index in [0.717, 1.165) is 19.3 Å². The summed E-state index contributed by atoms with van der Waals surface area (Å²) in [7, 11) is 1.44. The lowest BCUT2D eigenvalue weighted by Crippen LogP contribution is -2.51. The Balaban J connectivity index is 2.04. The SMILES string of the molecule is COC(=O)[C@@]1(C)CC2(CC3=C1CC[C@@H](C)[C@]3(C)CCOC(C)=O)OCCO2. The van der Waals surface area contributed by atoms with Gasteiger partial charge in [0.2, 0.25) is 0 Å². The molecule has 2 aliphatic carbocycles. The van der Waals surface area contributed by atoms with Gasteiger partial charge in [-0.05, 0) is 37.5 Å². The first-order valence-corrected chi connectivity index (χ1v) is 9.89. The lowest BCUT2D eigenvalue weighted by Gasteiger charge is -2.53. The van der Waals surface area contributed by atoms with Gasteiger partial charge < -0.3 is 18.9 Å². The molecule has 0 saturated carbocycles. The molecule has 1 spiro atoms. The van der Waals surface area contributed by atoms with Crippen molar-refractivity contribution in [3.8, 4) is 0 Å². The van der Waals surface area contributed by atoms with Gasteiger partial charge in [0.05, 0.1) is 32.3 Å². The van der Waals surface area contributed by atoms with Crippen LogP contribution in [0.15, 0.2) is 11.1 Å². The lowest BCUT2D eigenvalue weighted by molar-refractivity contribution is -0.195. The molecule has 6 nitrogen and oxygen atoms in total. The van der Waals surface area contributed by atoms with Gasteiger partial charge in [-0.3, -0.25) is 9.59 Å². The second-order valence-corrected chi connectivity index (χ2v) is 8.69. The second-order valence-electron chi connectivity index (χ2n) is 8.69. The van der Waals surface area contributed by atoms with E-state index < -0.39 is 11.2 Å². The fourth-order valence-corrected chi connectivity index (χ4v) is 5.29. The molecule has 0 amide bonds. The number of esters is 2. The number of carbonyl (C=O) groups excluding carboxylic acids is 2. The molecule has 0 radical (unpaired) electrons. The van der Waals surface area contributed by atoms with E-state index in [-0.39, 0.29) is 17.4 Å². The summed E-state index contributed by atoms with van der Waals surface area (Å²) in [6.45, 7) is 9.31. The fourth-order valence-electron chi connectivity index (χ4n) is 5.29. The zero-order valence-electron chi connectivity index (χ0n) is 17.2. The molecule has 3 aliphatic rings. The van der Waals surface area contributed by atoms with E-state index in [1.807, 2.05) is 6.92 Å². The Bertz CT molecular complexity index is 647. The summed E-state index contributed by atoms with van der Waals surface area (Å²) < 4.78 is 22.5. The molecule has 0 unspecified atom stereocenters. The summed E-state index contributed by atoms with van der Waals surface area (Å²) in [5, 5.41) is 0. The van der Waals surface area contributed by atoms with E-state index in [1.165, 1.54) is 25.2 Å². The number of hydrogen-bond acceptors (Lipinski definition) is 6. The summed E-state index contributed by atoms with van der Waals surface area (Å²) in [6.07, 6.45) is 3.74. The minimum Gasteiger partial charge on any atom is -0.468 e. The molecule has 1 saturated heterocycles. The van der Waals surface area contributed by atoms with E-state index in [9.17, 15) is 9.59 Å². The quantitative estimate of drug-likeness (QED) is 0.550. The number of methoxy groups -OCH3 is 1. The minimum atomic E-state index is -0.762. The smallest absolute Gasteiger partial charge is 0.315 e. The van der Waals surface area contributed by atoms with Crippen molar-refractivity contribution in [1.29, 1.82) is 0 Å². The first kappa shape index (κ1) is 20.3. The van der Waals surface area contributed by atoms with Gasteiger partial charge in [-0.25, -0.2) is 0 Å². The summed E-state index contributed by atoms with van der Waals surface area (Å²) in [4.78, 5) is 24.1. The van der Waals surface area contributed by atoms with Crippen molar-refractivity contribution in [3.05, 3.63) is 11.1 Å². The third kappa shape index (κ3) is 3.42. The predicted octanol–water partition coefficient (Wildman–Crippen LogP) is 3.39. The number of rotatable bonds is 4. The average Bonchev–Trinajstić information content (AvgIpc) is 3.05. The molecule has 0 aromatic rings. The van der Waals surface area contributed by atoms with E-state index in [0.29, 0.717) is 38.6 Å². The molecule has 1 heterocycles. The van der Waals surface area contributed by atoms with Gasteiger partial charge in [-0.15, -0.1) is 0 Å². The first-order valence-electron chi connectivity index (χ1n) is 9.89. The molecular formula is C21H32O6. The number of ether oxygens (including phenoxy) is 4. The second kappa shape index (κ2) is 7.21. The van der Waals surface area contributed by atoms with Crippen molar-refractivity contribution >= 4 is 11.9 Å². The molecule has 0 bridgehead atoms. The lowest BCUT2D eigenvalue weighted by atomic mass is 9.54. The minimum absolute atomic E-state index is 0.180. The number of carbonyl (C=O) groups is 2. The average molecular weight is 380 g/mol. The van der Waals surface area contributed by atoms with Crippen molar-refractivity contribution in [2.24, 2.45) is 16.7 Å². The fraction of sp³-hybridized carbons (Fsp3) is 0.810.